The van der Waals surface area contributed by atoms with Crippen LogP contribution in [0.15, 0.2) is 55.0 Å². The van der Waals surface area contributed by atoms with Crippen molar-refractivity contribution >= 4 is 10.9 Å². The molecule has 3 rings (SSSR count). The maximum Gasteiger partial charge on any atom is 0.0708 e. The maximum absolute atomic E-state index is 9.23. The summed E-state index contributed by atoms with van der Waals surface area (Å²) < 4.78 is 0. The van der Waals surface area contributed by atoms with Gasteiger partial charge < -0.3 is 5.11 Å². The zero-order chi connectivity index (χ0) is 12.4. The normalized spacial score (nSPS) is 10.7. The second-order valence-electron chi connectivity index (χ2n) is 4.10. The van der Waals surface area contributed by atoms with Crippen LogP contribution in [0.4, 0.5) is 0 Å². The third kappa shape index (κ3) is 1.85. The van der Waals surface area contributed by atoms with Gasteiger partial charge in [0.05, 0.1) is 12.1 Å². The van der Waals surface area contributed by atoms with Gasteiger partial charge in [0, 0.05) is 24.0 Å². The monoisotopic (exact) mass is 236 g/mol. The van der Waals surface area contributed by atoms with Gasteiger partial charge in [-0.2, -0.15) is 0 Å². The highest BCUT2D eigenvalue weighted by Gasteiger charge is 2.05. The highest BCUT2D eigenvalue weighted by molar-refractivity contribution is 5.94. The van der Waals surface area contributed by atoms with E-state index in [2.05, 4.69) is 9.97 Å². The van der Waals surface area contributed by atoms with Crippen molar-refractivity contribution in [3.63, 3.8) is 0 Å². The average molecular weight is 236 g/mol. The number of aliphatic hydroxyl groups excluding tert-OH is 1. The first kappa shape index (κ1) is 10.9. The van der Waals surface area contributed by atoms with Gasteiger partial charge in [-0.1, -0.05) is 6.07 Å². The number of aliphatic hydroxyl groups is 1. The van der Waals surface area contributed by atoms with Crippen molar-refractivity contribution in [1.29, 1.82) is 0 Å². The van der Waals surface area contributed by atoms with Crippen LogP contribution in [0.2, 0.25) is 0 Å². The largest absolute Gasteiger partial charge is 0.392 e. The lowest BCUT2D eigenvalue weighted by Crippen LogP contribution is -1.88. The van der Waals surface area contributed by atoms with Crippen molar-refractivity contribution in [3.8, 4) is 11.1 Å². The van der Waals surface area contributed by atoms with E-state index in [4.69, 9.17) is 0 Å². The van der Waals surface area contributed by atoms with Crippen LogP contribution in [0.25, 0.3) is 22.0 Å². The molecular weight excluding hydrogens is 224 g/mol. The maximum atomic E-state index is 9.23. The molecule has 0 aliphatic carbocycles. The van der Waals surface area contributed by atoms with Crippen LogP contribution in [0, 0.1) is 0 Å². The van der Waals surface area contributed by atoms with Gasteiger partial charge in [0.1, 0.15) is 0 Å². The predicted octanol–water partition coefficient (Wildman–Crippen LogP) is 2.79. The quantitative estimate of drug-likeness (QED) is 0.744. The minimum Gasteiger partial charge on any atom is -0.392 e. The van der Waals surface area contributed by atoms with Crippen molar-refractivity contribution in [3.05, 3.63) is 60.6 Å². The topological polar surface area (TPSA) is 46.0 Å². The summed E-state index contributed by atoms with van der Waals surface area (Å²) in [4.78, 5) is 8.37. The molecule has 0 saturated carbocycles. The number of pyridine rings is 2. The summed E-state index contributed by atoms with van der Waals surface area (Å²) in [6.07, 6.45) is 5.35. The smallest absolute Gasteiger partial charge is 0.0708 e. The van der Waals surface area contributed by atoms with Gasteiger partial charge >= 0.3 is 0 Å². The Labute approximate surface area is 105 Å². The fraction of sp³-hybridized carbons (Fsp3) is 0.0667. The van der Waals surface area contributed by atoms with Crippen molar-refractivity contribution in [2.75, 3.05) is 0 Å². The SMILES string of the molecule is OCc1ccc2nccc(-c3ccncc3)c2c1. The number of aromatic nitrogens is 2. The molecule has 1 N–H and O–H groups in total. The van der Waals surface area contributed by atoms with E-state index < -0.39 is 0 Å². The fourth-order valence-corrected chi connectivity index (χ4v) is 2.07. The van der Waals surface area contributed by atoms with E-state index in [1.165, 1.54) is 0 Å². The molecule has 0 aliphatic heterocycles. The number of rotatable bonds is 2. The molecule has 2 heterocycles. The Morgan fingerprint density at radius 2 is 1.78 bits per heavy atom. The van der Waals surface area contributed by atoms with Crippen LogP contribution in [-0.2, 0) is 6.61 Å². The Balaban J connectivity index is 2.29. The van der Waals surface area contributed by atoms with Gasteiger partial charge in [-0.15, -0.1) is 0 Å². The van der Waals surface area contributed by atoms with E-state index in [0.29, 0.717) is 0 Å². The molecule has 2 aromatic heterocycles. The standard InChI is InChI=1S/C15H12N2O/c18-10-11-1-2-15-14(9-11)13(5-8-17-15)12-3-6-16-7-4-12/h1-9,18H,10H2. The van der Waals surface area contributed by atoms with E-state index in [1.807, 2.05) is 36.4 Å². The summed E-state index contributed by atoms with van der Waals surface area (Å²) >= 11 is 0. The van der Waals surface area contributed by atoms with Crippen LogP contribution >= 0.6 is 0 Å². The lowest BCUT2D eigenvalue weighted by molar-refractivity contribution is 0.282. The highest BCUT2D eigenvalue weighted by Crippen LogP contribution is 2.27. The average Bonchev–Trinajstić information content (AvgIpc) is 2.47. The molecule has 18 heavy (non-hydrogen) atoms. The highest BCUT2D eigenvalue weighted by atomic mass is 16.3. The Morgan fingerprint density at radius 3 is 2.56 bits per heavy atom. The van der Waals surface area contributed by atoms with Gasteiger partial charge in [-0.05, 0) is 47.0 Å². The van der Waals surface area contributed by atoms with E-state index >= 15 is 0 Å². The molecular formula is C15H12N2O. The second-order valence-corrected chi connectivity index (χ2v) is 4.10. The van der Waals surface area contributed by atoms with Gasteiger partial charge in [0.25, 0.3) is 0 Å². The number of hydrogen-bond donors (Lipinski definition) is 1. The number of benzene rings is 1. The van der Waals surface area contributed by atoms with E-state index in [0.717, 1.165) is 27.6 Å². The van der Waals surface area contributed by atoms with Crippen LogP contribution in [-0.4, -0.2) is 15.1 Å². The first-order valence-electron chi connectivity index (χ1n) is 5.77. The molecule has 0 spiro atoms. The Hall–Kier alpha value is -2.26. The van der Waals surface area contributed by atoms with Crippen molar-refractivity contribution in [1.82, 2.24) is 9.97 Å². The van der Waals surface area contributed by atoms with Crippen LogP contribution in [0.3, 0.4) is 0 Å². The Bertz CT molecular complexity index is 680. The molecule has 3 aromatic rings. The minimum absolute atomic E-state index is 0.0423. The summed E-state index contributed by atoms with van der Waals surface area (Å²) in [5, 5.41) is 10.3. The summed E-state index contributed by atoms with van der Waals surface area (Å²) in [5.41, 5.74) is 4.04. The molecule has 1 aromatic carbocycles. The summed E-state index contributed by atoms with van der Waals surface area (Å²) in [5.74, 6) is 0. The van der Waals surface area contributed by atoms with Gasteiger partial charge in [0.15, 0.2) is 0 Å². The zero-order valence-corrected chi connectivity index (χ0v) is 9.74. The summed E-state index contributed by atoms with van der Waals surface area (Å²) in [6.45, 7) is 0.0423. The van der Waals surface area contributed by atoms with E-state index in [1.54, 1.807) is 18.6 Å². The minimum atomic E-state index is 0.0423. The number of hydrogen-bond acceptors (Lipinski definition) is 3. The summed E-state index contributed by atoms with van der Waals surface area (Å²) in [6, 6.07) is 11.7. The number of nitrogens with zero attached hydrogens (tertiary/aromatic N) is 2. The fourth-order valence-electron chi connectivity index (χ4n) is 2.07. The molecule has 88 valence electrons. The van der Waals surface area contributed by atoms with Crippen LogP contribution in [0.1, 0.15) is 5.56 Å². The molecule has 0 bridgehead atoms. The predicted molar refractivity (Wildman–Crippen MR) is 70.9 cm³/mol. The molecule has 0 fully saturated rings. The van der Waals surface area contributed by atoms with Crippen LogP contribution < -0.4 is 0 Å². The molecule has 0 radical (unpaired) electrons. The Kier molecular flexibility index (Phi) is 2.74. The van der Waals surface area contributed by atoms with E-state index in [-0.39, 0.29) is 6.61 Å². The van der Waals surface area contributed by atoms with Gasteiger partial charge in [-0.3, -0.25) is 9.97 Å². The molecule has 0 atom stereocenters. The summed E-state index contributed by atoms with van der Waals surface area (Å²) in [7, 11) is 0. The number of fused-ring (bicyclic) bond motifs is 1. The second kappa shape index (κ2) is 4.55. The lowest BCUT2D eigenvalue weighted by Gasteiger charge is -2.07. The first-order valence-corrected chi connectivity index (χ1v) is 5.77. The van der Waals surface area contributed by atoms with Crippen molar-refractivity contribution < 1.29 is 5.11 Å². The van der Waals surface area contributed by atoms with E-state index in [9.17, 15) is 5.11 Å². The third-order valence-electron chi connectivity index (χ3n) is 2.98. The van der Waals surface area contributed by atoms with Crippen LogP contribution in [0.5, 0.6) is 0 Å². The molecule has 3 heteroatoms. The molecule has 3 nitrogen and oxygen atoms in total. The van der Waals surface area contributed by atoms with Crippen molar-refractivity contribution in [2.45, 2.75) is 6.61 Å². The van der Waals surface area contributed by atoms with Crippen molar-refractivity contribution in [2.24, 2.45) is 0 Å². The first-order chi connectivity index (χ1) is 8.88. The molecule has 0 saturated heterocycles. The third-order valence-corrected chi connectivity index (χ3v) is 2.98. The Morgan fingerprint density at radius 1 is 0.944 bits per heavy atom. The van der Waals surface area contributed by atoms with Gasteiger partial charge in [-0.25, -0.2) is 0 Å². The lowest BCUT2D eigenvalue weighted by atomic mass is 10.0. The molecule has 0 amide bonds. The zero-order valence-electron chi connectivity index (χ0n) is 9.74. The molecule has 0 unspecified atom stereocenters. The van der Waals surface area contributed by atoms with Gasteiger partial charge in [0.2, 0.25) is 0 Å². The molecule has 0 aliphatic rings.